The zero-order chi connectivity index (χ0) is 20.3. The number of halogens is 1. The Bertz CT molecular complexity index is 1270. The van der Waals surface area contributed by atoms with E-state index in [0.29, 0.717) is 25.8 Å². The number of aromatic nitrogens is 1. The van der Waals surface area contributed by atoms with Gasteiger partial charge in [-0.3, -0.25) is 9.36 Å². The summed E-state index contributed by atoms with van der Waals surface area (Å²) in [6.45, 7) is 4.18. The summed E-state index contributed by atoms with van der Waals surface area (Å²) in [5.74, 6) is 0.361. The smallest absolute Gasteiger partial charge is 0.267 e. The van der Waals surface area contributed by atoms with Crippen molar-refractivity contribution in [2.75, 3.05) is 0 Å². The first-order valence-corrected chi connectivity index (χ1v) is 9.78. The Kier molecular flexibility index (Phi) is 5.80. The second-order valence-corrected chi connectivity index (χ2v) is 7.92. The van der Waals surface area contributed by atoms with E-state index in [9.17, 15) is 15.3 Å². The lowest BCUT2D eigenvalue weighted by Crippen LogP contribution is -2.30. The highest BCUT2D eigenvalue weighted by Crippen LogP contribution is 2.16. The summed E-state index contributed by atoms with van der Waals surface area (Å²) in [4.78, 5) is 13.1. The second-order valence-electron chi connectivity index (χ2n) is 6.46. The Morgan fingerprint density at radius 1 is 1.14 bits per heavy atom. The quantitative estimate of drug-likeness (QED) is 0.667. The van der Waals surface area contributed by atoms with E-state index >= 15 is 0 Å². The summed E-state index contributed by atoms with van der Waals surface area (Å²) < 4.78 is 2.17. The lowest BCUT2D eigenvalue weighted by Gasteiger charge is -2.07. The molecule has 0 amide bonds. The summed E-state index contributed by atoms with van der Waals surface area (Å²) in [5, 5.41) is 19.3. The molecule has 3 aromatic rings. The van der Waals surface area contributed by atoms with E-state index in [1.54, 1.807) is 24.3 Å². The topological polar surface area (TPSA) is 69.6 Å². The predicted molar refractivity (Wildman–Crippen MR) is 113 cm³/mol. The van der Waals surface area contributed by atoms with Crippen LogP contribution in [0.2, 0.25) is 5.02 Å². The van der Waals surface area contributed by atoms with Crippen molar-refractivity contribution < 1.29 is 0 Å². The summed E-state index contributed by atoms with van der Waals surface area (Å²) in [7, 11) is 0. The fourth-order valence-corrected chi connectivity index (χ4v) is 4.01. The maximum Gasteiger partial charge on any atom is 0.273 e. The van der Waals surface area contributed by atoms with Gasteiger partial charge in [0.2, 0.25) is 0 Å². The highest BCUT2D eigenvalue weighted by Gasteiger charge is 2.12. The molecule has 0 fully saturated rings. The molecule has 0 atom stereocenters. The molecule has 138 valence electrons. The second kappa shape index (κ2) is 8.27. The number of rotatable bonds is 3. The fraction of sp³-hybridized carbons (Fsp3) is 0.136. The third-order valence-electron chi connectivity index (χ3n) is 4.23. The Balaban J connectivity index is 2.32. The molecule has 0 bridgehead atoms. The summed E-state index contributed by atoms with van der Waals surface area (Å²) in [5.41, 5.74) is 2.16. The lowest BCUT2D eigenvalue weighted by atomic mass is 10.0. The number of thiazole rings is 1. The number of benzene rings is 2. The Morgan fingerprint density at radius 2 is 1.82 bits per heavy atom. The molecule has 1 heterocycles. The standard InChI is InChI=1S/C22H16ClN3OS/c1-14(2)16-6-8-19(9-7-16)26-21(27)20(28-22(26)17(12-24)13-25)11-15-4-3-5-18(23)10-15/h3-11,14H,1-2H3/b20-11+. The van der Waals surface area contributed by atoms with Crippen molar-refractivity contribution in [2.24, 2.45) is 0 Å². The highest BCUT2D eigenvalue weighted by atomic mass is 35.5. The van der Waals surface area contributed by atoms with Crippen LogP contribution in [0.15, 0.2) is 53.3 Å². The molecule has 0 N–H and O–H groups in total. The maximum atomic E-state index is 13.1. The first kappa shape index (κ1) is 19.6. The van der Waals surface area contributed by atoms with Gasteiger partial charge >= 0.3 is 0 Å². The molecule has 0 spiro atoms. The molecule has 3 rings (SSSR count). The van der Waals surface area contributed by atoms with Crippen LogP contribution in [0.3, 0.4) is 0 Å². The third-order valence-corrected chi connectivity index (χ3v) is 5.55. The molecular formula is C22H16ClN3OS. The molecule has 0 unspecified atom stereocenters. The monoisotopic (exact) mass is 405 g/mol. The first-order chi connectivity index (χ1) is 13.4. The zero-order valence-corrected chi connectivity index (χ0v) is 16.9. The molecule has 28 heavy (non-hydrogen) atoms. The minimum atomic E-state index is -0.278. The largest absolute Gasteiger partial charge is 0.273 e. The molecular weight excluding hydrogens is 390 g/mol. The van der Waals surface area contributed by atoms with Gasteiger partial charge in [0.1, 0.15) is 16.8 Å². The molecule has 0 saturated heterocycles. The van der Waals surface area contributed by atoms with Crippen LogP contribution in [-0.4, -0.2) is 4.57 Å². The van der Waals surface area contributed by atoms with Crippen molar-refractivity contribution in [1.29, 1.82) is 10.5 Å². The SMILES string of the molecule is CC(C)c1ccc(-n2c(=C(C#N)C#N)s/c(=C/c3cccc(Cl)c3)c2=O)cc1. The Morgan fingerprint density at radius 3 is 2.39 bits per heavy atom. The maximum absolute atomic E-state index is 13.1. The van der Waals surface area contributed by atoms with E-state index < -0.39 is 0 Å². The van der Waals surface area contributed by atoms with E-state index in [2.05, 4.69) is 13.8 Å². The Labute approximate surface area is 171 Å². The fourth-order valence-electron chi connectivity index (χ4n) is 2.76. The highest BCUT2D eigenvalue weighted by molar-refractivity contribution is 7.07. The zero-order valence-electron chi connectivity index (χ0n) is 15.3. The third kappa shape index (κ3) is 3.92. The van der Waals surface area contributed by atoms with Crippen LogP contribution in [0, 0.1) is 22.7 Å². The van der Waals surface area contributed by atoms with E-state index in [1.807, 2.05) is 42.5 Å². The number of hydrogen-bond acceptors (Lipinski definition) is 4. The van der Waals surface area contributed by atoms with Gasteiger partial charge in [0.15, 0.2) is 5.57 Å². The van der Waals surface area contributed by atoms with Crippen molar-refractivity contribution >= 4 is 34.6 Å². The molecule has 0 radical (unpaired) electrons. The van der Waals surface area contributed by atoms with Crippen LogP contribution >= 0.6 is 22.9 Å². The predicted octanol–water partition coefficient (Wildman–Crippen LogP) is 3.70. The lowest BCUT2D eigenvalue weighted by molar-refractivity contribution is 0.864. The van der Waals surface area contributed by atoms with E-state index in [1.165, 1.54) is 4.57 Å². The van der Waals surface area contributed by atoms with Gasteiger partial charge in [0, 0.05) is 5.02 Å². The number of hydrogen-bond donors (Lipinski definition) is 0. The molecule has 0 aliphatic rings. The minimum Gasteiger partial charge on any atom is -0.267 e. The molecule has 2 aromatic carbocycles. The molecule has 4 nitrogen and oxygen atoms in total. The van der Waals surface area contributed by atoms with Crippen LogP contribution in [0.25, 0.3) is 17.3 Å². The summed E-state index contributed by atoms with van der Waals surface area (Å²) in [6.07, 6.45) is 1.72. The Hall–Kier alpha value is -3.12. The van der Waals surface area contributed by atoms with Crippen LogP contribution in [0.1, 0.15) is 30.9 Å². The van der Waals surface area contributed by atoms with Crippen LogP contribution < -0.4 is 14.8 Å². The van der Waals surface area contributed by atoms with Crippen molar-refractivity contribution in [1.82, 2.24) is 4.57 Å². The van der Waals surface area contributed by atoms with Crippen LogP contribution in [0.5, 0.6) is 0 Å². The molecule has 0 aliphatic heterocycles. The number of nitrogens with zero attached hydrogens (tertiary/aromatic N) is 3. The first-order valence-electron chi connectivity index (χ1n) is 8.58. The average Bonchev–Trinajstić information content (AvgIpc) is 2.99. The van der Waals surface area contributed by atoms with Crippen LogP contribution in [0.4, 0.5) is 0 Å². The van der Waals surface area contributed by atoms with E-state index in [-0.39, 0.29) is 11.1 Å². The van der Waals surface area contributed by atoms with Gasteiger partial charge in [-0.2, -0.15) is 10.5 Å². The van der Waals surface area contributed by atoms with Gasteiger partial charge in [0.05, 0.1) is 10.2 Å². The average molecular weight is 406 g/mol. The van der Waals surface area contributed by atoms with Gasteiger partial charge in [0.25, 0.3) is 5.56 Å². The van der Waals surface area contributed by atoms with Gasteiger partial charge in [-0.05, 0) is 47.4 Å². The molecule has 0 aliphatic carbocycles. The normalized spacial score (nSPS) is 11.3. The molecule has 0 saturated carbocycles. The van der Waals surface area contributed by atoms with Gasteiger partial charge in [-0.15, -0.1) is 11.3 Å². The van der Waals surface area contributed by atoms with Crippen LogP contribution in [-0.2, 0) is 0 Å². The molecule has 6 heteroatoms. The summed E-state index contributed by atoms with van der Waals surface area (Å²) in [6, 6.07) is 18.5. The van der Waals surface area contributed by atoms with Gasteiger partial charge in [-0.1, -0.05) is 49.7 Å². The van der Waals surface area contributed by atoms with Gasteiger partial charge in [-0.25, -0.2) is 0 Å². The molecule has 1 aromatic heterocycles. The van der Waals surface area contributed by atoms with Crippen molar-refractivity contribution in [2.45, 2.75) is 19.8 Å². The van der Waals surface area contributed by atoms with Crippen molar-refractivity contribution in [3.8, 4) is 17.8 Å². The van der Waals surface area contributed by atoms with E-state index in [4.69, 9.17) is 11.6 Å². The number of nitriles is 2. The summed E-state index contributed by atoms with van der Waals surface area (Å²) >= 11 is 7.15. The van der Waals surface area contributed by atoms with E-state index in [0.717, 1.165) is 22.5 Å². The van der Waals surface area contributed by atoms with Gasteiger partial charge < -0.3 is 0 Å². The van der Waals surface area contributed by atoms with Crippen molar-refractivity contribution in [3.05, 3.63) is 84.2 Å². The van der Waals surface area contributed by atoms with Crippen molar-refractivity contribution in [3.63, 3.8) is 0 Å². The minimum absolute atomic E-state index is 0.0965.